The van der Waals surface area contributed by atoms with Crippen LogP contribution in [0.2, 0.25) is 0 Å². The molecule has 2 rings (SSSR count). The maximum Gasteiger partial charge on any atom is 0.223 e. The Bertz CT molecular complexity index is 470. The van der Waals surface area contributed by atoms with Crippen LogP contribution < -0.4 is 11.1 Å². The van der Waals surface area contributed by atoms with Gasteiger partial charge in [-0.05, 0) is 38.3 Å². The molecule has 6 heteroatoms. The predicted octanol–water partition coefficient (Wildman–Crippen LogP) is 2.11. The van der Waals surface area contributed by atoms with Crippen molar-refractivity contribution in [3.63, 3.8) is 0 Å². The standard InChI is InChI=1S/C16H24N2O2S.ClH/c1-11-2-5-13(6-3-11)21-9-8-18-16(20)12-4-7-15(19)14(17)10-12;/h2-3,5-6,12,14-15,19H,4,7-10,17H2,1H3,(H,18,20);1H/t12-,14+,15+;/m0./s1. The molecule has 1 fully saturated rings. The third-order valence-corrected chi connectivity index (χ3v) is 4.94. The number of aliphatic hydroxyl groups excluding tert-OH is 1. The fraction of sp³-hybridized carbons (Fsp3) is 0.562. The zero-order valence-corrected chi connectivity index (χ0v) is 14.5. The van der Waals surface area contributed by atoms with Gasteiger partial charge in [0.05, 0.1) is 6.10 Å². The number of hydrogen-bond acceptors (Lipinski definition) is 4. The van der Waals surface area contributed by atoms with Gasteiger partial charge in [0.25, 0.3) is 0 Å². The second kappa shape index (κ2) is 9.40. The van der Waals surface area contributed by atoms with Crippen molar-refractivity contribution in [1.82, 2.24) is 5.32 Å². The molecule has 0 bridgehead atoms. The van der Waals surface area contributed by atoms with Crippen LogP contribution in [0.5, 0.6) is 0 Å². The second-order valence-corrected chi connectivity index (χ2v) is 6.86. The van der Waals surface area contributed by atoms with Gasteiger partial charge in [-0.25, -0.2) is 0 Å². The summed E-state index contributed by atoms with van der Waals surface area (Å²) in [7, 11) is 0. The summed E-state index contributed by atoms with van der Waals surface area (Å²) in [5, 5.41) is 12.5. The average Bonchev–Trinajstić information content (AvgIpc) is 2.48. The number of carbonyl (C=O) groups is 1. The Morgan fingerprint density at radius 3 is 2.68 bits per heavy atom. The van der Waals surface area contributed by atoms with E-state index in [0.29, 0.717) is 19.4 Å². The number of amides is 1. The van der Waals surface area contributed by atoms with Gasteiger partial charge in [0.15, 0.2) is 0 Å². The lowest BCUT2D eigenvalue weighted by Gasteiger charge is -2.29. The van der Waals surface area contributed by atoms with Crippen LogP contribution in [0.3, 0.4) is 0 Å². The number of hydrogen-bond donors (Lipinski definition) is 3. The van der Waals surface area contributed by atoms with E-state index in [-0.39, 0.29) is 30.3 Å². The first-order valence-corrected chi connectivity index (χ1v) is 8.45. The number of nitrogens with two attached hydrogens (primary N) is 1. The van der Waals surface area contributed by atoms with Crippen LogP contribution in [-0.2, 0) is 4.79 Å². The molecule has 22 heavy (non-hydrogen) atoms. The van der Waals surface area contributed by atoms with Gasteiger partial charge in [-0.3, -0.25) is 4.79 Å². The van der Waals surface area contributed by atoms with E-state index in [2.05, 4.69) is 36.5 Å². The summed E-state index contributed by atoms with van der Waals surface area (Å²) in [6.45, 7) is 2.73. The number of rotatable bonds is 5. The molecule has 124 valence electrons. The molecule has 0 heterocycles. The fourth-order valence-electron chi connectivity index (χ4n) is 2.55. The summed E-state index contributed by atoms with van der Waals surface area (Å²) in [6.07, 6.45) is 1.48. The molecule has 1 aliphatic rings. The average molecular weight is 345 g/mol. The summed E-state index contributed by atoms with van der Waals surface area (Å²) in [4.78, 5) is 13.3. The largest absolute Gasteiger partial charge is 0.392 e. The van der Waals surface area contributed by atoms with Gasteiger partial charge in [-0.2, -0.15) is 0 Å². The molecule has 0 aromatic heterocycles. The van der Waals surface area contributed by atoms with E-state index < -0.39 is 6.10 Å². The highest BCUT2D eigenvalue weighted by Gasteiger charge is 2.30. The van der Waals surface area contributed by atoms with Crippen molar-refractivity contribution in [2.45, 2.75) is 43.2 Å². The Morgan fingerprint density at radius 2 is 2.05 bits per heavy atom. The molecule has 3 atom stereocenters. The van der Waals surface area contributed by atoms with E-state index in [4.69, 9.17) is 5.73 Å². The van der Waals surface area contributed by atoms with Crippen LogP contribution in [0.4, 0.5) is 0 Å². The molecular weight excluding hydrogens is 320 g/mol. The monoisotopic (exact) mass is 344 g/mol. The zero-order chi connectivity index (χ0) is 15.2. The molecule has 1 aliphatic carbocycles. The molecule has 4 N–H and O–H groups in total. The second-order valence-electron chi connectivity index (χ2n) is 5.69. The predicted molar refractivity (Wildman–Crippen MR) is 93.5 cm³/mol. The highest BCUT2D eigenvalue weighted by atomic mass is 35.5. The lowest BCUT2D eigenvalue weighted by molar-refractivity contribution is -0.126. The number of aryl methyl sites for hydroxylation is 1. The van der Waals surface area contributed by atoms with Crippen molar-refractivity contribution in [3.05, 3.63) is 29.8 Å². The van der Waals surface area contributed by atoms with Gasteiger partial charge in [0.2, 0.25) is 5.91 Å². The van der Waals surface area contributed by atoms with E-state index in [0.717, 1.165) is 12.2 Å². The molecule has 1 aromatic rings. The first kappa shape index (κ1) is 19.3. The SMILES string of the molecule is Cc1ccc(SCCNC(=O)[C@H]2CC[C@@H](O)[C@H](N)C2)cc1.Cl. The first-order chi connectivity index (χ1) is 10.1. The highest BCUT2D eigenvalue weighted by Crippen LogP contribution is 2.24. The molecule has 0 radical (unpaired) electrons. The summed E-state index contributed by atoms with van der Waals surface area (Å²) >= 11 is 1.74. The van der Waals surface area contributed by atoms with Crippen LogP contribution in [0, 0.1) is 12.8 Å². The van der Waals surface area contributed by atoms with Gasteiger partial charge in [-0.1, -0.05) is 17.7 Å². The lowest BCUT2D eigenvalue weighted by Crippen LogP contribution is -2.45. The minimum Gasteiger partial charge on any atom is -0.392 e. The van der Waals surface area contributed by atoms with E-state index >= 15 is 0 Å². The molecule has 0 spiro atoms. The molecule has 1 amide bonds. The van der Waals surface area contributed by atoms with Gasteiger partial charge in [-0.15, -0.1) is 24.2 Å². The summed E-state index contributed by atoms with van der Waals surface area (Å²) < 4.78 is 0. The summed E-state index contributed by atoms with van der Waals surface area (Å²) in [6, 6.07) is 8.12. The van der Waals surface area contributed by atoms with E-state index in [1.54, 1.807) is 11.8 Å². The fourth-order valence-corrected chi connectivity index (χ4v) is 3.32. The Kier molecular flexibility index (Phi) is 8.25. The van der Waals surface area contributed by atoms with Crippen molar-refractivity contribution in [2.24, 2.45) is 11.7 Å². The number of halogens is 1. The van der Waals surface area contributed by atoms with E-state index in [9.17, 15) is 9.90 Å². The van der Waals surface area contributed by atoms with Crippen LogP contribution >= 0.6 is 24.2 Å². The maximum absolute atomic E-state index is 12.0. The molecule has 4 nitrogen and oxygen atoms in total. The van der Waals surface area contributed by atoms with Crippen molar-refractivity contribution < 1.29 is 9.90 Å². The molecule has 0 unspecified atom stereocenters. The van der Waals surface area contributed by atoms with Gasteiger partial charge >= 0.3 is 0 Å². The van der Waals surface area contributed by atoms with E-state index in [1.807, 2.05) is 0 Å². The number of nitrogens with one attached hydrogen (secondary N) is 1. The first-order valence-electron chi connectivity index (χ1n) is 7.47. The minimum atomic E-state index is -0.453. The smallest absolute Gasteiger partial charge is 0.223 e. The third-order valence-electron chi connectivity index (χ3n) is 3.92. The lowest BCUT2D eigenvalue weighted by atomic mass is 9.84. The molecule has 1 saturated carbocycles. The summed E-state index contributed by atoms with van der Waals surface area (Å²) in [5.74, 6) is 0.880. The Labute approximate surface area is 142 Å². The van der Waals surface area contributed by atoms with Crippen molar-refractivity contribution in [3.8, 4) is 0 Å². The van der Waals surface area contributed by atoms with Crippen LogP contribution in [0.1, 0.15) is 24.8 Å². The topological polar surface area (TPSA) is 75.3 Å². The van der Waals surface area contributed by atoms with Crippen LogP contribution in [-0.4, -0.2) is 35.5 Å². The number of aliphatic hydroxyl groups is 1. The normalized spacial score (nSPS) is 24.4. The van der Waals surface area contributed by atoms with Gasteiger partial charge in [0.1, 0.15) is 0 Å². The Balaban J connectivity index is 0.00000242. The van der Waals surface area contributed by atoms with Crippen molar-refractivity contribution in [1.29, 1.82) is 0 Å². The molecule has 0 aliphatic heterocycles. The molecular formula is C16H25ClN2O2S. The molecule has 1 aromatic carbocycles. The highest BCUT2D eigenvalue weighted by molar-refractivity contribution is 7.99. The number of thioether (sulfide) groups is 1. The van der Waals surface area contributed by atoms with E-state index in [1.165, 1.54) is 10.5 Å². The van der Waals surface area contributed by atoms with Gasteiger partial charge < -0.3 is 16.2 Å². The van der Waals surface area contributed by atoms with Gasteiger partial charge in [0, 0.05) is 29.2 Å². The maximum atomic E-state index is 12.0. The molecule has 0 saturated heterocycles. The van der Waals surface area contributed by atoms with Crippen molar-refractivity contribution >= 4 is 30.1 Å². The van der Waals surface area contributed by atoms with Crippen LogP contribution in [0.25, 0.3) is 0 Å². The Hall–Kier alpha value is -0.750. The Morgan fingerprint density at radius 1 is 1.36 bits per heavy atom. The third kappa shape index (κ3) is 5.80. The number of carbonyl (C=O) groups excluding carboxylic acids is 1. The number of benzene rings is 1. The van der Waals surface area contributed by atoms with Crippen molar-refractivity contribution in [2.75, 3.05) is 12.3 Å². The quantitative estimate of drug-likeness (QED) is 0.565. The minimum absolute atomic E-state index is 0. The summed E-state index contributed by atoms with van der Waals surface area (Å²) in [5.41, 5.74) is 7.07. The zero-order valence-electron chi connectivity index (χ0n) is 12.8. The van der Waals surface area contributed by atoms with Crippen LogP contribution in [0.15, 0.2) is 29.2 Å².